The minimum atomic E-state index is -0.0862. The first-order valence-corrected chi connectivity index (χ1v) is 4.89. The zero-order chi connectivity index (χ0) is 12.3. The maximum Gasteiger partial charge on any atom is 0.265 e. The lowest BCUT2D eigenvalue weighted by Gasteiger charge is -2.06. The van der Waals surface area contributed by atoms with E-state index in [2.05, 4.69) is 9.97 Å². The van der Waals surface area contributed by atoms with Crippen molar-refractivity contribution in [2.24, 2.45) is 0 Å². The second kappa shape index (κ2) is 4.49. The highest BCUT2D eigenvalue weighted by atomic mass is 16.5. The number of hydrogen-bond acceptors (Lipinski definition) is 5. The van der Waals surface area contributed by atoms with Crippen LogP contribution >= 0.6 is 0 Å². The number of benzene rings is 1. The van der Waals surface area contributed by atoms with Gasteiger partial charge in [0.05, 0.1) is 17.3 Å². The molecule has 0 spiro atoms. The van der Waals surface area contributed by atoms with Gasteiger partial charge in [0, 0.05) is 0 Å². The molecule has 0 atom stereocenters. The van der Waals surface area contributed by atoms with Gasteiger partial charge in [-0.2, -0.15) is 10.2 Å². The summed E-state index contributed by atoms with van der Waals surface area (Å²) in [6, 6.07) is 8.53. The first-order chi connectivity index (χ1) is 8.20. The maximum atomic E-state index is 9.66. The number of nitrogens with zero attached hydrogens (tertiary/aromatic N) is 3. The van der Waals surface area contributed by atoms with Crippen LogP contribution in [0, 0.1) is 18.3 Å². The van der Waals surface area contributed by atoms with Gasteiger partial charge >= 0.3 is 0 Å². The van der Waals surface area contributed by atoms with Gasteiger partial charge in [-0.3, -0.25) is 0 Å². The monoisotopic (exact) mass is 227 g/mol. The van der Waals surface area contributed by atoms with E-state index in [1.165, 1.54) is 6.33 Å². The second-order valence-electron chi connectivity index (χ2n) is 3.35. The van der Waals surface area contributed by atoms with E-state index < -0.39 is 0 Å². The lowest BCUT2D eigenvalue weighted by Crippen LogP contribution is -1.92. The van der Waals surface area contributed by atoms with Crippen LogP contribution in [0.25, 0.3) is 0 Å². The van der Waals surface area contributed by atoms with Crippen LogP contribution in [0.4, 0.5) is 0 Å². The Morgan fingerprint density at radius 2 is 1.94 bits per heavy atom. The van der Waals surface area contributed by atoms with Crippen molar-refractivity contribution in [1.29, 1.82) is 5.26 Å². The highest BCUT2D eigenvalue weighted by Crippen LogP contribution is 2.29. The fourth-order valence-corrected chi connectivity index (χ4v) is 1.23. The van der Waals surface area contributed by atoms with E-state index in [9.17, 15) is 5.11 Å². The fourth-order valence-electron chi connectivity index (χ4n) is 1.23. The fraction of sp³-hybridized carbons (Fsp3) is 0.0833. The molecule has 84 valence electrons. The van der Waals surface area contributed by atoms with Crippen LogP contribution in [-0.2, 0) is 0 Å². The normalized spacial score (nSPS) is 9.65. The summed E-state index contributed by atoms with van der Waals surface area (Å²) in [5, 5.41) is 18.3. The van der Waals surface area contributed by atoms with E-state index in [1.807, 2.05) is 6.07 Å². The number of nitriles is 1. The Kier molecular flexibility index (Phi) is 2.88. The Bertz CT molecular complexity index is 573. The van der Waals surface area contributed by atoms with Gasteiger partial charge in [-0.05, 0) is 31.2 Å². The molecule has 0 saturated carbocycles. The Balaban J connectivity index is 2.26. The molecule has 0 amide bonds. The standard InChI is InChI=1S/C12H9N3O2/c1-8-11(16)12(15-7-14-8)17-10-4-2-9(6-13)3-5-10/h2-5,7,16H,1H3. The summed E-state index contributed by atoms with van der Waals surface area (Å²) in [5.74, 6) is 0.511. The quantitative estimate of drug-likeness (QED) is 0.850. The summed E-state index contributed by atoms with van der Waals surface area (Å²) in [7, 11) is 0. The van der Waals surface area contributed by atoms with Crippen LogP contribution in [0.2, 0.25) is 0 Å². The van der Waals surface area contributed by atoms with Gasteiger partial charge in [0.25, 0.3) is 5.88 Å². The molecule has 1 aromatic carbocycles. The minimum absolute atomic E-state index is 0.0862. The van der Waals surface area contributed by atoms with Gasteiger partial charge in [-0.15, -0.1) is 0 Å². The predicted molar refractivity (Wildman–Crippen MR) is 59.7 cm³/mol. The summed E-state index contributed by atoms with van der Waals surface area (Å²) < 4.78 is 5.38. The van der Waals surface area contributed by atoms with Gasteiger partial charge in [0.1, 0.15) is 12.1 Å². The lowest BCUT2D eigenvalue weighted by atomic mass is 10.2. The average Bonchev–Trinajstić information content (AvgIpc) is 2.36. The van der Waals surface area contributed by atoms with Crippen molar-refractivity contribution in [2.45, 2.75) is 6.92 Å². The van der Waals surface area contributed by atoms with Crippen LogP contribution in [0.15, 0.2) is 30.6 Å². The largest absolute Gasteiger partial charge is 0.502 e. The number of aromatic nitrogens is 2. The molecule has 0 fully saturated rings. The molecular formula is C12H9N3O2. The van der Waals surface area contributed by atoms with E-state index in [0.29, 0.717) is 17.0 Å². The third kappa shape index (κ3) is 2.32. The van der Waals surface area contributed by atoms with Gasteiger partial charge < -0.3 is 9.84 Å². The van der Waals surface area contributed by atoms with E-state index in [-0.39, 0.29) is 11.6 Å². The average molecular weight is 227 g/mol. The summed E-state index contributed by atoms with van der Waals surface area (Å²) in [5.41, 5.74) is 0.990. The number of hydrogen-bond donors (Lipinski definition) is 1. The molecule has 0 aliphatic carbocycles. The third-order valence-electron chi connectivity index (χ3n) is 2.17. The van der Waals surface area contributed by atoms with E-state index in [4.69, 9.17) is 10.00 Å². The van der Waals surface area contributed by atoms with Gasteiger partial charge in [-0.1, -0.05) is 0 Å². The number of ether oxygens (including phenoxy) is 1. The topological polar surface area (TPSA) is 79.0 Å². The first kappa shape index (κ1) is 10.9. The maximum absolute atomic E-state index is 9.66. The molecule has 0 radical (unpaired) electrons. The zero-order valence-corrected chi connectivity index (χ0v) is 9.08. The zero-order valence-electron chi connectivity index (χ0n) is 9.08. The molecule has 1 N–H and O–H groups in total. The number of rotatable bonds is 2. The van der Waals surface area contributed by atoms with Crippen LogP contribution in [0.3, 0.4) is 0 Å². The molecule has 17 heavy (non-hydrogen) atoms. The molecular weight excluding hydrogens is 218 g/mol. The van der Waals surface area contributed by atoms with Crippen molar-refractivity contribution < 1.29 is 9.84 Å². The molecule has 2 rings (SSSR count). The van der Waals surface area contributed by atoms with Crippen molar-refractivity contribution >= 4 is 0 Å². The molecule has 0 bridgehead atoms. The van der Waals surface area contributed by atoms with Crippen LogP contribution in [-0.4, -0.2) is 15.1 Å². The molecule has 0 aliphatic heterocycles. The highest BCUT2D eigenvalue weighted by molar-refractivity contribution is 5.40. The molecule has 1 heterocycles. The smallest absolute Gasteiger partial charge is 0.265 e. The molecule has 1 aromatic heterocycles. The van der Waals surface area contributed by atoms with E-state index in [0.717, 1.165) is 0 Å². The number of aryl methyl sites for hydroxylation is 1. The predicted octanol–water partition coefficient (Wildman–Crippen LogP) is 2.15. The summed E-state index contributed by atoms with van der Waals surface area (Å²) >= 11 is 0. The van der Waals surface area contributed by atoms with Crippen molar-refractivity contribution in [1.82, 2.24) is 9.97 Å². The number of aromatic hydroxyl groups is 1. The van der Waals surface area contributed by atoms with Crippen LogP contribution in [0.5, 0.6) is 17.4 Å². The molecule has 0 saturated heterocycles. The molecule has 0 aliphatic rings. The lowest BCUT2D eigenvalue weighted by molar-refractivity contribution is 0.391. The Morgan fingerprint density at radius 3 is 2.59 bits per heavy atom. The Hall–Kier alpha value is -2.61. The van der Waals surface area contributed by atoms with E-state index in [1.54, 1.807) is 31.2 Å². The van der Waals surface area contributed by atoms with Gasteiger partial charge in [-0.25, -0.2) is 4.98 Å². The second-order valence-corrected chi connectivity index (χ2v) is 3.35. The molecule has 2 aromatic rings. The van der Waals surface area contributed by atoms with E-state index >= 15 is 0 Å². The minimum Gasteiger partial charge on any atom is -0.502 e. The van der Waals surface area contributed by atoms with Crippen molar-refractivity contribution in [3.63, 3.8) is 0 Å². The van der Waals surface area contributed by atoms with Crippen LogP contribution in [0.1, 0.15) is 11.3 Å². The summed E-state index contributed by atoms with van der Waals surface area (Å²) in [6.45, 7) is 1.66. The first-order valence-electron chi connectivity index (χ1n) is 4.89. The third-order valence-corrected chi connectivity index (χ3v) is 2.17. The van der Waals surface area contributed by atoms with Gasteiger partial charge in [0.15, 0.2) is 0 Å². The van der Waals surface area contributed by atoms with Gasteiger partial charge in [0.2, 0.25) is 5.75 Å². The van der Waals surface area contributed by atoms with Crippen molar-refractivity contribution in [2.75, 3.05) is 0 Å². The highest BCUT2D eigenvalue weighted by Gasteiger charge is 2.08. The summed E-state index contributed by atoms with van der Waals surface area (Å²) in [6.07, 6.45) is 1.31. The SMILES string of the molecule is Cc1ncnc(Oc2ccc(C#N)cc2)c1O. The molecule has 5 heteroatoms. The molecule has 5 nitrogen and oxygen atoms in total. The summed E-state index contributed by atoms with van der Waals surface area (Å²) in [4.78, 5) is 7.65. The van der Waals surface area contributed by atoms with Crippen molar-refractivity contribution in [3.05, 3.63) is 41.9 Å². The van der Waals surface area contributed by atoms with Crippen LogP contribution < -0.4 is 4.74 Å². The Labute approximate surface area is 98.0 Å². The molecule has 0 unspecified atom stereocenters. The van der Waals surface area contributed by atoms with Crippen molar-refractivity contribution in [3.8, 4) is 23.4 Å². The Morgan fingerprint density at radius 1 is 1.24 bits per heavy atom.